The zero-order valence-electron chi connectivity index (χ0n) is 29.6. The van der Waals surface area contributed by atoms with E-state index >= 15 is 0 Å². The van der Waals surface area contributed by atoms with Gasteiger partial charge >= 0.3 is 0 Å². The van der Waals surface area contributed by atoms with Crippen molar-refractivity contribution in [1.82, 2.24) is 24.8 Å². The molecule has 1 aliphatic carbocycles. The highest BCUT2D eigenvalue weighted by Crippen LogP contribution is 2.44. The summed E-state index contributed by atoms with van der Waals surface area (Å²) in [5, 5.41) is 17.8. The maximum atomic E-state index is 10.7. The highest BCUT2D eigenvalue weighted by atomic mass is 16.5. The lowest BCUT2D eigenvalue weighted by atomic mass is 9.71. The maximum absolute atomic E-state index is 10.7. The van der Waals surface area contributed by atoms with Crippen LogP contribution in [0, 0.1) is 10.8 Å². The summed E-state index contributed by atoms with van der Waals surface area (Å²) in [7, 11) is 3.86. The molecule has 0 bridgehead atoms. The van der Waals surface area contributed by atoms with Crippen LogP contribution in [0.15, 0.2) is 42.6 Å². The number of methoxy groups -OCH3 is 1. The summed E-state index contributed by atoms with van der Waals surface area (Å²) in [5.41, 5.74) is 10.4. The molecule has 50 heavy (non-hydrogen) atoms. The van der Waals surface area contributed by atoms with E-state index in [0.29, 0.717) is 45.6 Å². The van der Waals surface area contributed by atoms with E-state index < -0.39 is 6.23 Å². The molecule has 1 saturated carbocycles. The van der Waals surface area contributed by atoms with E-state index in [-0.39, 0.29) is 11.7 Å². The number of nitrogens with zero attached hydrogens (tertiary/aromatic N) is 6. The molecule has 1 aromatic carbocycles. The number of nitrogens with two attached hydrogens (primary N) is 1. The number of hydrogen-bond donors (Lipinski definition) is 4. The van der Waals surface area contributed by atoms with Gasteiger partial charge in [0, 0.05) is 61.2 Å². The zero-order valence-corrected chi connectivity index (χ0v) is 29.6. The third kappa shape index (κ3) is 6.76. The highest BCUT2D eigenvalue weighted by Gasteiger charge is 2.44. The van der Waals surface area contributed by atoms with Crippen molar-refractivity contribution < 1.29 is 14.6 Å². The lowest BCUT2D eigenvalue weighted by Gasteiger charge is -2.54. The molecule has 6 heterocycles. The van der Waals surface area contributed by atoms with Crippen molar-refractivity contribution in [3.8, 4) is 17.1 Å². The van der Waals surface area contributed by atoms with Crippen LogP contribution in [0.2, 0.25) is 0 Å². The molecule has 5 fully saturated rings. The fraction of sp³-hybridized carbons (Fsp3) is 0.605. The van der Waals surface area contributed by atoms with Crippen molar-refractivity contribution in [2.45, 2.75) is 69.7 Å². The molecule has 268 valence electrons. The van der Waals surface area contributed by atoms with Gasteiger partial charge in [0.1, 0.15) is 29.1 Å². The molecule has 5 N–H and O–H groups in total. The number of aliphatic hydroxyl groups excluding tert-OH is 1. The van der Waals surface area contributed by atoms with Crippen LogP contribution in [0.5, 0.6) is 5.75 Å². The van der Waals surface area contributed by atoms with Crippen LogP contribution in [0.1, 0.15) is 63.3 Å². The first-order chi connectivity index (χ1) is 24.3. The van der Waals surface area contributed by atoms with Crippen LogP contribution < -0.4 is 26.0 Å². The Labute approximate surface area is 295 Å². The minimum atomic E-state index is -1.35. The molecule has 2 spiro atoms. The highest BCUT2D eigenvalue weighted by molar-refractivity contribution is 5.76. The minimum absolute atomic E-state index is 0.227. The number of pyridine rings is 1. The van der Waals surface area contributed by atoms with Gasteiger partial charge in [-0.1, -0.05) is 0 Å². The van der Waals surface area contributed by atoms with Gasteiger partial charge in [-0.05, 0) is 113 Å². The molecule has 1 unspecified atom stereocenters. The standard InChI is InChI=1S/C38H53N9O3/c1-45-22-37(23-45)15-20-47(21-16-37)29-11-18-46(19-12-29)28-7-5-26(6-8-28)41-36-33(34(39)48)43-32(31-30(49-2)4-3-17-40-31)35(44-36)42-27-9-13-38(14-10-27)24-50-25-38/h3-8,17,27,29,34,48H,9-16,18-25,39H2,1-2H3,(H2,41,42,44). The Morgan fingerprint density at radius 2 is 1.62 bits per heavy atom. The molecule has 4 saturated heterocycles. The average Bonchev–Trinajstić information content (AvgIpc) is 3.11. The van der Waals surface area contributed by atoms with Crippen LogP contribution in [-0.2, 0) is 4.74 Å². The second kappa shape index (κ2) is 13.9. The van der Waals surface area contributed by atoms with Gasteiger partial charge in [-0.3, -0.25) is 4.98 Å². The summed E-state index contributed by atoms with van der Waals surface area (Å²) in [5.74, 6) is 1.57. The van der Waals surface area contributed by atoms with Crippen LogP contribution in [-0.4, -0.2) is 109 Å². The molecule has 8 rings (SSSR count). The van der Waals surface area contributed by atoms with Crippen molar-refractivity contribution in [1.29, 1.82) is 0 Å². The van der Waals surface area contributed by atoms with Crippen LogP contribution >= 0.6 is 0 Å². The molecule has 5 aliphatic rings. The molecule has 0 radical (unpaired) electrons. The summed E-state index contributed by atoms with van der Waals surface area (Å²) in [6, 6.07) is 13.1. The van der Waals surface area contributed by atoms with Crippen molar-refractivity contribution in [3.63, 3.8) is 0 Å². The Hall–Kier alpha value is -3.55. The number of aromatic nitrogens is 3. The van der Waals surface area contributed by atoms with E-state index in [9.17, 15) is 5.11 Å². The molecule has 2 aromatic heterocycles. The number of benzene rings is 1. The maximum Gasteiger partial charge on any atom is 0.158 e. The molecule has 12 nitrogen and oxygen atoms in total. The monoisotopic (exact) mass is 683 g/mol. The smallest absolute Gasteiger partial charge is 0.158 e. The van der Waals surface area contributed by atoms with Crippen molar-refractivity contribution >= 4 is 23.0 Å². The first-order valence-electron chi connectivity index (χ1n) is 18.5. The van der Waals surface area contributed by atoms with Gasteiger partial charge in [0.15, 0.2) is 11.6 Å². The third-order valence-corrected chi connectivity index (χ3v) is 12.2. The number of likely N-dealkylation sites (tertiary alicyclic amines) is 2. The predicted molar refractivity (Wildman–Crippen MR) is 196 cm³/mol. The van der Waals surface area contributed by atoms with Gasteiger partial charge in [0.25, 0.3) is 0 Å². The van der Waals surface area contributed by atoms with E-state index in [2.05, 4.69) is 61.6 Å². The molecular formula is C38H53N9O3. The third-order valence-electron chi connectivity index (χ3n) is 12.2. The topological polar surface area (TPSA) is 137 Å². The Morgan fingerprint density at radius 3 is 2.24 bits per heavy atom. The second-order valence-electron chi connectivity index (χ2n) is 15.7. The minimum Gasteiger partial charge on any atom is -0.494 e. The van der Waals surface area contributed by atoms with E-state index in [0.717, 1.165) is 57.7 Å². The number of anilines is 4. The summed E-state index contributed by atoms with van der Waals surface area (Å²) in [4.78, 5) is 22.2. The summed E-state index contributed by atoms with van der Waals surface area (Å²) in [6.07, 6.45) is 9.75. The fourth-order valence-corrected chi connectivity index (χ4v) is 9.15. The number of piperidine rings is 2. The number of ether oxygens (including phenoxy) is 2. The molecule has 1 atom stereocenters. The summed E-state index contributed by atoms with van der Waals surface area (Å²) < 4.78 is 11.2. The number of aliphatic hydroxyl groups is 1. The van der Waals surface area contributed by atoms with Crippen LogP contribution in [0.4, 0.5) is 23.0 Å². The van der Waals surface area contributed by atoms with E-state index in [1.54, 1.807) is 13.3 Å². The van der Waals surface area contributed by atoms with Crippen LogP contribution in [0.25, 0.3) is 11.4 Å². The predicted octanol–water partition coefficient (Wildman–Crippen LogP) is 4.61. The van der Waals surface area contributed by atoms with Crippen molar-refractivity contribution in [3.05, 3.63) is 48.3 Å². The van der Waals surface area contributed by atoms with E-state index in [1.165, 1.54) is 57.5 Å². The van der Waals surface area contributed by atoms with Gasteiger partial charge in [-0.15, -0.1) is 0 Å². The van der Waals surface area contributed by atoms with Gasteiger partial charge in [-0.2, -0.15) is 0 Å². The van der Waals surface area contributed by atoms with Crippen molar-refractivity contribution in [2.75, 3.05) is 82.2 Å². The normalized spacial score (nSPS) is 23.3. The van der Waals surface area contributed by atoms with Gasteiger partial charge < -0.3 is 45.6 Å². The SMILES string of the molecule is COc1cccnc1-c1nc(C(N)O)c(Nc2ccc(N3CCC(N4CCC5(CC4)CN(C)C5)CC3)cc2)nc1NC1CCC2(CC1)COC2. The Bertz CT molecular complexity index is 1610. The van der Waals surface area contributed by atoms with E-state index in [1.807, 2.05) is 12.1 Å². The Morgan fingerprint density at radius 1 is 0.900 bits per heavy atom. The summed E-state index contributed by atoms with van der Waals surface area (Å²) >= 11 is 0. The summed E-state index contributed by atoms with van der Waals surface area (Å²) in [6.45, 7) is 8.94. The molecular weight excluding hydrogens is 630 g/mol. The first kappa shape index (κ1) is 33.6. The lowest BCUT2D eigenvalue weighted by Crippen LogP contribution is -2.60. The lowest BCUT2D eigenvalue weighted by molar-refractivity contribution is -0.131. The molecule has 4 aliphatic heterocycles. The average molecular weight is 684 g/mol. The van der Waals surface area contributed by atoms with Gasteiger partial charge in [0.05, 0.1) is 20.3 Å². The zero-order chi connectivity index (χ0) is 34.3. The largest absolute Gasteiger partial charge is 0.494 e. The quantitative estimate of drug-likeness (QED) is 0.235. The molecule has 0 amide bonds. The Balaban J connectivity index is 0.964. The number of nitrogens with one attached hydrogen (secondary N) is 2. The van der Waals surface area contributed by atoms with E-state index in [4.69, 9.17) is 25.2 Å². The molecule has 3 aromatic rings. The molecule has 12 heteroatoms. The second-order valence-corrected chi connectivity index (χ2v) is 15.7. The van der Waals surface area contributed by atoms with Gasteiger partial charge in [0.2, 0.25) is 0 Å². The fourth-order valence-electron chi connectivity index (χ4n) is 9.15. The van der Waals surface area contributed by atoms with Gasteiger partial charge in [-0.25, -0.2) is 9.97 Å². The first-order valence-corrected chi connectivity index (χ1v) is 18.5. The van der Waals surface area contributed by atoms with Crippen LogP contribution in [0.3, 0.4) is 0 Å². The van der Waals surface area contributed by atoms with Crippen molar-refractivity contribution in [2.24, 2.45) is 16.6 Å². The number of hydrogen-bond acceptors (Lipinski definition) is 12. The Kier molecular flexibility index (Phi) is 9.32. The number of rotatable bonds is 9.